The Hall–Kier alpha value is -5.15. The molecule has 0 aliphatic carbocycles. The minimum absolute atomic E-state index is 0.0204. The molecule has 0 spiro atoms. The molecule has 8 nitrogen and oxygen atoms in total. The molecule has 0 radical (unpaired) electrons. The number of rotatable bonds is 7. The number of nitrogens with zero attached hydrogens (tertiary/aromatic N) is 1. The highest BCUT2D eigenvalue weighted by atomic mass is 32.2. The van der Waals surface area contributed by atoms with Gasteiger partial charge in [0, 0.05) is 28.6 Å². The fourth-order valence-electron chi connectivity index (χ4n) is 5.53. The van der Waals surface area contributed by atoms with Crippen molar-refractivity contribution in [2.24, 2.45) is 0 Å². The van der Waals surface area contributed by atoms with Gasteiger partial charge in [-0.2, -0.15) is 34.8 Å². The zero-order valence-corrected chi connectivity index (χ0v) is 25.6. The van der Waals surface area contributed by atoms with Crippen molar-refractivity contribution in [2.45, 2.75) is 37.6 Å². The van der Waals surface area contributed by atoms with E-state index in [4.69, 9.17) is 4.42 Å². The van der Waals surface area contributed by atoms with Crippen LogP contribution >= 0.6 is 0 Å². The molecule has 0 saturated carbocycles. The van der Waals surface area contributed by atoms with E-state index in [1.54, 1.807) is 41.9 Å². The lowest BCUT2D eigenvalue weighted by atomic mass is 9.97. The van der Waals surface area contributed by atoms with Crippen molar-refractivity contribution in [3.8, 4) is 0 Å². The Balaban J connectivity index is 1.41. The Morgan fingerprint density at radius 3 is 2.15 bits per heavy atom. The van der Waals surface area contributed by atoms with Gasteiger partial charge in [0.15, 0.2) is 5.78 Å². The zero-order valence-electron chi connectivity index (χ0n) is 24.8. The lowest BCUT2D eigenvalue weighted by Crippen LogP contribution is -2.19. The molecule has 1 N–H and O–H groups in total. The number of carbonyl (C=O) groups is 1. The summed E-state index contributed by atoms with van der Waals surface area (Å²) >= 11 is 0. The maximum atomic E-state index is 13.5. The van der Waals surface area contributed by atoms with Gasteiger partial charge in [0.25, 0.3) is 0 Å². The summed E-state index contributed by atoms with van der Waals surface area (Å²) in [6.07, 6.45) is -9.80. The molecule has 2 heterocycles. The van der Waals surface area contributed by atoms with Gasteiger partial charge in [-0.05, 0) is 67.9 Å². The van der Waals surface area contributed by atoms with Gasteiger partial charge in [-0.3, -0.25) is 9.59 Å². The fourth-order valence-corrected chi connectivity index (χ4v) is 6.37. The highest BCUT2D eigenvalue weighted by Crippen LogP contribution is 2.38. The number of benzene rings is 4. The summed E-state index contributed by atoms with van der Waals surface area (Å²) in [5.74, 6) is -0.220. The van der Waals surface area contributed by atoms with Gasteiger partial charge in [0.05, 0.1) is 32.3 Å². The lowest BCUT2D eigenvalue weighted by molar-refractivity contribution is -0.143. The second kappa shape index (κ2) is 11.5. The van der Waals surface area contributed by atoms with E-state index in [0.717, 1.165) is 17.3 Å². The molecule has 0 fully saturated rings. The smallest absolute Gasteiger partial charge is 0.416 e. The van der Waals surface area contributed by atoms with Crippen LogP contribution in [0.15, 0.2) is 93.2 Å². The van der Waals surface area contributed by atoms with Gasteiger partial charge < -0.3 is 8.98 Å². The van der Waals surface area contributed by atoms with Crippen LogP contribution in [0.2, 0.25) is 0 Å². The van der Waals surface area contributed by atoms with E-state index < -0.39 is 49.6 Å². The monoisotopic (exact) mass is 688 g/mol. The summed E-state index contributed by atoms with van der Waals surface area (Å²) in [5.41, 5.74) is -0.243. The van der Waals surface area contributed by atoms with E-state index in [2.05, 4.69) is 4.28 Å². The number of nitrogens with one attached hydrogen (secondary N) is 1. The third-order valence-corrected chi connectivity index (χ3v) is 8.96. The summed E-state index contributed by atoms with van der Waals surface area (Å²) in [5, 5.41) is 1.01. The van der Waals surface area contributed by atoms with Crippen molar-refractivity contribution in [2.75, 3.05) is 5.48 Å². The first-order chi connectivity index (χ1) is 22.5. The van der Waals surface area contributed by atoms with Crippen LogP contribution in [0, 0.1) is 6.92 Å². The first-order valence-corrected chi connectivity index (χ1v) is 15.5. The summed E-state index contributed by atoms with van der Waals surface area (Å²) in [4.78, 5) is 25.4. The number of ketones is 1. The third kappa shape index (κ3) is 5.68. The van der Waals surface area contributed by atoms with Gasteiger partial charge in [-0.1, -0.05) is 24.3 Å². The van der Waals surface area contributed by atoms with Crippen molar-refractivity contribution in [1.29, 1.82) is 0 Å². The highest BCUT2D eigenvalue weighted by Gasteiger charge is 2.38. The van der Waals surface area contributed by atoms with Crippen LogP contribution in [0.4, 0.5) is 32.0 Å². The van der Waals surface area contributed by atoms with Crippen molar-refractivity contribution in [1.82, 2.24) is 4.57 Å². The van der Waals surface area contributed by atoms with E-state index in [1.165, 1.54) is 6.07 Å². The summed E-state index contributed by atoms with van der Waals surface area (Å²) in [6, 6.07) is 15.0. The van der Waals surface area contributed by atoms with Crippen LogP contribution in [0.1, 0.15) is 39.5 Å². The predicted molar refractivity (Wildman–Crippen MR) is 164 cm³/mol. The van der Waals surface area contributed by atoms with E-state index in [9.17, 15) is 44.3 Å². The minimum Gasteiger partial charge on any atom is -0.461 e. The molecule has 248 valence electrons. The number of halogens is 6. The normalized spacial score (nSPS) is 12.7. The second-order valence-electron chi connectivity index (χ2n) is 10.8. The molecule has 0 bridgehead atoms. The van der Waals surface area contributed by atoms with Gasteiger partial charge >= 0.3 is 22.5 Å². The second-order valence-corrected chi connectivity index (χ2v) is 12.4. The molecule has 4 aromatic carbocycles. The van der Waals surface area contributed by atoms with E-state index in [-0.39, 0.29) is 35.0 Å². The molecule has 0 aliphatic rings. The van der Waals surface area contributed by atoms with Crippen LogP contribution in [0.3, 0.4) is 0 Å². The highest BCUT2D eigenvalue weighted by molar-refractivity contribution is 7.86. The molecule has 48 heavy (non-hydrogen) atoms. The topological polar surface area (TPSA) is 108 Å². The van der Waals surface area contributed by atoms with Crippen LogP contribution in [-0.2, 0) is 33.3 Å². The number of anilines is 1. The lowest BCUT2D eigenvalue weighted by Gasteiger charge is -2.14. The Kier molecular flexibility index (Phi) is 7.87. The van der Waals surface area contributed by atoms with Crippen LogP contribution in [-0.4, -0.2) is 18.8 Å². The molecule has 0 amide bonds. The number of hydrogen-bond donors (Lipinski definition) is 1. The van der Waals surface area contributed by atoms with Gasteiger partial charge in [0.1, 0.15) is 17.5 Å². The molecular weight excluding hydrogens is 666 g/mol. The number of alkyl halides is 6. The van der Waals surface area contributed by atoms with Crippen LogP contribution in [0.25, 0.3) is 32.8 Å². The van der Waals surface area contributed by atoms with Crippen LogP contribution in [0.5, 0.6) is 0 Å². The molecule has 0 aliphatic heterocycles. The number of aryl methyl sites for hydroxylation is 2. The maximum absolute atomic E-state index is 13.5. The largest absolute Gasteiger partial charge is 0.461 e. The van der Waals surface area contributed by atoms with Gasteiger partial charge in [-0.15, -0.1) is 4.28 Å². The zero-order chi connectivity index (χ0) is 34.8. The molecule has 0 atom stereocenters. The van der Waals surface area contributed by atoms with Crippen molar-refractivity contribution >= 4 is 54.4 Å². The summed E-state index contributed by atoms with van der Waals surface area (Å²) in [6.45, 7) is 4.23. The number of aromatic nitrogens is 1. The first-order valence-electron chi connectivity index (χ1n) is 14.1. The molecule has 2 aromatic heterocycles. The van der Waals surface area contributed by atoms with Crippen molar-refractivity contribution in [3.63, 3.8) is 0 Å². The Bertz CT molecular complexity index is 2410. The number of carbonyl (C=O) groups excluding carboxylic acids is 1. The number of fused-ring (bicyclic) bond motifs is 5. The average molecular weight is 689 g/mol. The van der Waals surface area contributed by atoms with E-state index >= 15 is 0 Å². The minimum atomic E-state index is -5.32. The average Bonchev–Trinajstić information content (AvgIpc) is 3.36. The van der Waals surface area contributed by atoms with E-state index in [1.807, 2.05) is 30.5 Å². The molecule has 15 heteroatoms. The maximum Gasteiger partial charge on any atom is 0.416 e. The standard InChI is InChI=1S/C33H22F6N2O6S/c1-3-41-26-10-8-18(29(42)22-7-5-4-6-17(22)2)12-24(26)28-27(41)11-9-23-30(43)25(16-46-31(23)28)40-47-48(44,45)21-14-19(32(34,35)36)13-20(15-21)33(37,38)39/h4-16,40H,3H2,1-2H3. The molecule has 0 unspecified atom stereocenters. The fraction of sp³-hybridized carbons (Fsp3) is 0.152. The number of hydrogen-bond acceptors (Lipinski definition) is 7. The summed E-state index contributed by atoms with van der Waals surface area (Å²) in [7, 11) is -5.32. The Morgan fingerprint density at radius 2 is 1.52 bits per heavy atom. The Labute approximate surface area is 267 Å². The van der Waals surface area contributed by atoms with Crippen molar-refractivity contribution in [3.05, 3.63) is 117 Å². The summed E-state index contributed by atoms with van der Waals surface area (Å²) < 4.78 is 117. The molecule has 0 saturated heterocycles. The van der Waals surface area contributed by atoms with Crippen molar-refractivity contribution < 1.29 is 48.3 Å². The van der Waals surface area contributed by atoms with E-state index in [0.29, 0.717) is 34.0 Å². The SMILES string of the molecule is CCn1c2ccc(C(=O)c3ccccc3C)cc2c2c3occ(NOS(=O)(=O)c4cc(C(F)(F)F)cc(C(F)(F)F)c4)c(=O)c3ccc21. The molecule has 6 rings (SSSR count). The van der Waals surface area contributed by atoms with Gasteiger partial charge in [0.2, 0.25) is 5.43 Å². The van der Waals surface area contributed by atoms with Crippen LogP contribution < -0.4 is 10.9 Å². The molecular formula is C33H22F6N2O6S. The first kappa shape index (κ1) is 32.8. The quantitative estimate of drug-likeness (QED) is 0.102. The predicted octanol–water partition coefficient (Wildman–Crippen LogP) is 8.23. The molecule has 6 aromatic rings. The Morgan fingerprint density at radius 1 is 0.875 bits per heavy atom. The third-order valence-electron chi connectivity index (χ3n) is 7.85. The van der Waals surface area contributed by atoms with Gasteiger partial charge in [-0.25, -0.2) is 5.48 Å².